The maximum Gasteiger partial charge on any atom is 0.329 e. The maximum atomic E-state index is 12.1. The van der Waals surface area contributed by atoms with Crippen molar-refractivity contribution in [3.8, 4) is 0 Å². The average Bonchev–Trinajstić information content (AvgIpc) is 2.75. The SMILES string of the molecule is COCc1nc2ccccc2n1C(C)C(=O)OC(C)C. The first kappa shape index (κ1) is 14.5. The summed E-state index contributed by atoms with van der Waals surface area (Å²) in [5.74, 6) is 0.461. The summed E-state index contributed by atoms with van der Waals surface area (Å²) in [6, 6.07) is 7.28. The van der Waals surface area contributed by atoms with Gasteiger partial charge in [0.1, 0.15) is 18.5 Å². The summed E-state index contributed by atoms with van der Waals surface area (Å²) >= 11 is 0. The van der Waals surface area contributed by atoms with Crippen LogP contribution in [-0.4, -0.2) is 28.7 Å². The van der Waals surface area contributed by atoms with Crippen LogP contribution < -0.4 is 0 Å². The second-order valence-electron chi connectivity index (χ2n) is 4.98. The fourth-order valence-electron chi connectivity index (χ4n) is 2.19. The van der Waals surface area contributed by atoms with Crippen LogP contribution in [0.25, 0.3) is 11.0 Å². The normalized spacial score (nSPS) is 12.8. The van der Waals surface area contributed by atoms with E-state index in [2.05, 4.69) is 4.98 Å². The first-order valence-corrected chi connectivity index (χ1v) is 6.70. The van der Waals surface area contributed by atoms with E-state index in [-0.39, 0.29) is 12.1 Å². The van der Waals surface area contributed by atoms with Crippen LogP contribution in [0.3, 0.4) is 0 Å². The summed E-state index contributed by atoms with van der Waals surface area (Å²) in [5.41, 5.74) is 1.76. The maximum absolute atomic E-state index is 12.1. The summed E-state index contributed by atoms with van der Waals surface area (Å²) < 4.78 is 12.3. The predicted octanol–water partition coefficient (Wildman–Crippen LogP) is 2.70. The minimum atomic E-state index is -0.435. The molecule has 0 bridgehead atoms. The highest BCUT2D eigenvalue weighted by molar-refractivity contribution is 5.81. The van der Waals surface area contributed by atoms with Crippen LogP contribution in [0.2, 0.25) is 0 Å². The number of imidazole rings is 1. The number of esters is 1. The van der Waals surface area contributed by atoms with E-state index in [9.17, 15) is 4.79 Å². The van der Waals surface area contributed by atoms with Gasteiger partial charge in [0.2, 0.25) is 0 Å². The number of carbonyl (C=O) groups is 1. The molecule has 1 heterocycles. The topological polar surface area (TPSA) is 53.4 Å². The van der Waals surface area contributed by atoms with Gasteiger partial charge in [0.25, 0.3) is 0 Å². The molecule has 5 nitrogen and oxygen atoms in total. The Hall–Kier alpha value is -1.88. The van der Waals surface area contributed by atoms with E-state index >= 15 is 0 Å². The zero-order chi connectivity index (χ0) is 14.7. The van der Waals surface area contributed by atoms with E-state index in [0.29, 0.717) is 6.61 Å². The molecule has 1 atom stereocenters. The highest BCUT2D eigenvalue weighted by Gasteiger charge is 2.23. The molecule has 5 heteroatoms. The van der Waals surface area contributed by atoms with Crippen LogP contribution in [0.1, 0.15) is 32.6 Å². The first-order chi connectivity index (χ1) is 9.54. The molecule has 0 saturated carbocycles. The van der Waals surface area contributed by atoms with E-state index in [1.807, 2.05) is 49.6 Å². The first-order valence-electron chi connectivity index (χ1n) is 6.70. The second-order valence-corrected chi connectivity index (χ2v) is 4.98. The molecule has 1 aromatic carbocycles. The molecule has 0 radical (unpaired) electrons. The van der Waals surface area contributed by atoms with Crippen LogP contribution in [0, 0.1) is 0 Å². The minimum absolute atomic E-state index is 0.134. The molecule has 0 fully saturated rings. The van der Waals surface area contributed by atoms with E-state index in [4.69, 9.17) is 9.47 Å². The number of nitrogens with zero attached hydrogens (tertiary/aromatic N) is 2. The number of carbonyl (C=O) groups excluding carboxylic acids is 1. The molecule has 0 saturated heterocycles. The largest absolute Gasteiger partial charge is 0.461 e. The van der Waals surface area contributed by atoms with Gasteiger partial charge in [0, 0.05) is 7.11 Å². The zero-order valence-corrected chi connectivity index (χ0v) is 12.3. The van der Waals surface area contributed by atoms with Crippen molar-refractivity contribution in [2.75, 3.05) is 7.11 Å². The van der Waals surface area contributed by atoms with Crippen LogP contribution in [0.4, 0.5) is 0 Å². The van der Waals surface area contributed by atoms with Gasteiger partial charge in [-0.2, -0.15) is 0 Å². The molecule has 20 heavy (non-hydrogen) atoms. The summed E-state index contributed by atoms with van der Waals surface area (Å²) in [6.07, 6.45) is -0.134. The summed E-state index contributed by atoms with van der Waals surface area (Å²) in [6.45, 7) is 5.85. The van der Waals surface area contributed by atoms with Crippen LogP contribution in [0.5, 0.6) is 0 Å². The number of para-hydroxylation sites is 2. The number of fused-ring (bicyclic) bond motifs is 1. The van der Waals surface area contributed by atoms with Crippen LogP contribution >= 0.6 is 0 Å². The molecule has 0 amide bonds. The minimum Gasteiger partial charge on any atom is -0.461 e. The quantitative estimate of drug-likeness (QED) is 0.788. The molecule has 108 valence electrons. The van der Waals surface area contributed by atoms with E-state index in [1.165, 1.54) is 0 Å². The molecular weight excluding hydrogens is 256 g/mol. The lowest BCUT2D eigenvalue weighted by atomic mass is 10.2. The van der Waals surface area contributed by atoms with Gasteiger partial charge in [-0.3, -0.25) is 0 Å². The molecule has 2 rings (SSSR count). The monoisotopic (exact) mass is 276 g/mol. The lowest BCUT2D eigenvalue weighted by Crippen LogP contribution is -2.23. The van der Waals surface area contributed by atoms with Gasteiger partial charge in [-0.15, -0.1) is 0 Å². The van der Waals surface area contributed by atoms with E-state index < -0.39 is 6.04 Å². The van der Waals surface area contributed by atoms with Crippen molar-refractivity contribution in [1.29, 1.82) is 0 Å². The van der Waals surface area contributed by atoms with Crippen molar-refractivity contribution in [2.45, 2.75) is 39.5 Å². The fourth-order valence-corrected chi connectivity index (χ4v) is 2.19. The number of methoxy groups -OCH3 is 1. The Balaban J connectivity index is 2.45. The number of aromatic nitrogens is 2. The predicted molar refractivity (Wildman–Crippen MR) is 76.4 cm³/mol. The van der Waals surface area contributed by atoms with Gasteiger partial charge >= 0.3 is 5.97 Å². The van der Waals surface area contributed by atoms with Gasteiger partial charge in [-0.25, -0.2) is 9.78 Å². The molecule has 1 aromatic heterocycles. The Morgan fingerprint density at radius 1 is 1.30 bits per heavy atom. The van der Waals surface area contributed by atoms with Crippen molar-refractivity contribution in [1.82, 2.24) is 9.55 Å². The Morgan fingerprint density at radius 3 is 2.65 bits per heavy atom. The standard InChI is InChI=1S/C15H20N2O3/c1-10(2)20-15(18)11(3)17-13-8-6-5-7-12(13)16-14(17)9-19-4/h5-8,10-11H,9H2,1-4H3. The Kier molecular flexibility index (Phi) is 4.39. The number of hydrogen-bond donors (Lipinski definition) is 0. The molecular formula is C15H20N2O3. The van der Waals surface area contributed by atoms with Gasteiger partial charge in [0.15, 0.2) is 0 Å². The summed E-state index contributed by atoms with van der Waals surface area (Å²) in [5, 5.41) is 0. The van der Waals surface area contributed by atoms with Gasteiger partial charge in [0.05, 0.1) is 17.1 Å². The Bertz CT molecular complexity index is 604. The molecule has 0 spiro atoms. The van der Waals surface area contributed by atoms with Crippen LogP contribution in [0.15, 0.2) is 24.3 Å². The smallest absolute Gasteiger partial charge is 0.329 e. The van der Waals surface area contributed by atoms with Gasteiger partial charge in [-0.05, 0) is 32.9 Å². The van der Waals surface area contributed by atoms with Crippen molar-refractivity contribution in [3.05, 3.63) is 30.1 Å². The number of hydrogen-bond acceptors (Lipinski definition) is 4. The summed E-state index contributed by atoms with van der Waals surface area (Å²) in [4.78, 5) is 16.7. The summed E-state index contributed by atoms with van der Waals surface area (Å²) in [7, 11) is 1.61. The molecule has 0 aliphatic heterocycles. The Morgan fingerprint density at radius 2 is 2.00 bits per heavy atom. The third-order valence-corrected chi connectivity index (χ3v) is 3.02. The lowest BCUT2D eigenvalue weighted by Gasteiger charge is -2.18. The van der Waals surface area contributed by atoms with Crippen molar-refractivity contribution in [2.24, 2.45) is 0 Å². The van der Waals surface area contributed by atoms with Crippen molar-refractivity contribution < 1.29 is 14.3 Å². The van der Waals surface area contributed by atoms with Crippen molar-refractivity contribution >= 4 is 17.0 Å². The molecule has 1 unspecified atom stereocenters. The van der Waals surface area contributed by atoms with Gasteiger partial charge < -0.3 is 14.0 Å². The van der Waals surface area contributed by atoms with E-state index in [1.54, 1.807) is 7.11 Å². The third-order valence-electron chi connectivity index (χ3n) is 3.02. The van der Waals surface area contributed by atoms with Crippen molar-refractivity contribution in [3.63, 3.8) is 0 Å². The number of rotatable bonds is 5. The molecule has 2 aromatic rings. The third kappa shape index (κ3) is 2.82. The average molecular weight is 276 g/mol. The lowest BCUT2D eigenvalue weighted by molar-refractivity contribution is -0.150. The molecule has 0 aliphatic rings. The Labute approximate surface area is 118 Å². The zero-order valence-electron chi connectivity index (χ0n) is 12.3. The highest BCUT2D eigenvalue weighted by Crippen LogP contribution is 2.22. The number of ether oxygens (including phenoxy) is 2. The second kappa shape index (κ2) is 6.05. The van der Waals surface area contributed by atoms with Gasteiger partial charge in [-0.1, -0.05) is 12.1 Å². The fraction of sp³-hybridized carbons (Fsp3) is 0.467. The molecule has 0 aliphatic carbocycles. The molecule has 0 N–H and O–H groups in total. The highest BCUT2D eigenvalue weighted by atomic mass is 16.5. The van der Waals surface area contributed by atoms with E-state index in [0.717, 1.165) is 16.9 Å². The van der Waals surface area contributed by atoms with Crippen LogP contribution in [-0.2, 0) is 20.9 Å². The number of benzene rings is 1.